The number of rotatable bonds is 6. The minimum absolute atomic E-state index is 0.109. The fourth-order valence-corrected chi connectivity index (χ4v) is 3.78. The van der Waals surface area contributed by atoms with Crippen LogP contribution in [-0.4, -0.2) is 48.4 Å². The second-order valence-electron chi connectivity index (χ2n) is 6.94. The maximum absolute atomic E-state index is 12.7. The van der Waals surface area contributed by atoms with Crippen LogP contribution in [0.1, 0.15) is 15.9 Å². The molecule has 1 aliphatic rings. The minimum Gasteiger partial charge on any atom is -0.378 e. The molecule has 1 amide bonds. The molecule has 0 bridgehead atoms. The van der Waals surface area contributed by atoms with Gasteiger partial charge >= 0.3 is 0 Å². The molecule has 0 radical (unpaired) electrons. The minimum atomic E-state index is -0.109. The fourth-order valence-electron chi connectivity index (χ4n) is 3.38. The molecule has 0 spiro atoms. The molecule has 154 valence electrons. The van der Waals surface area contributed by atoms with Gasteiger partial charge in [0.15, 0.2) is 5.82 Å². The third-order valence-electron chi connectivity index (χ3n) is 5.00. The van der Waals surface area contributed by atoms with Crippen LogP contribution < -0.4 is 10.2 Å². The first-order valence-corrected chi connectivity index (χ1v) is 11.1. The number of amides is 1. The third-order valence-corrected chi connectivity index (χ3v) is 5.74. The van der Waals surface area contributed by atoms with E-state index in [9.17, 15) is 4.79 Å². The molecule has 1 saturated heterocycles. The molecule has 1 aliphatic heterocycles. The fraction of sp³-hybridized carbons (Fsp3) is 0.261. The highest BCUT2D eigenvalue weighted by Gasteiger charge is 2.18. The molecule has 7 heteroatoms. The first-order valence-electron chi connectivity index (χ1n) is 9.90. The first-order chi connectivity index (χ1) is 14.7. The normalized spacial score (nSPS) is 13.8. The van der Waals surface area contributed by atoms with Crippen molar-refractivity contribution in [2.75, 3.05) is 37.5 Å². The van der Waals surface area contributed by atoms with Crippen LogP contribution in [0.3, 0.4) is 0 Å². The Morgan fingerprint density at radius 3 is 2.63 bits per heavy atom. The van der Waals surface area contributed by atoms with E-state index in [4.69, 9.17) is 4.74 Å². The van der Waals surface area contributed by atoms with Crippen LogP contribution in [0.15, 0.2) is 65.8 Å². The van der Waals surface area contributed by atoms with Gasteiger partial charge in [0.1, 0.15) is 5.69 Å². The van der Waals surface area contributed by atoms with Crippen LogP contribution in [0.2, 0.25) is 0 Å². The molecular formula is C23H24N4O2S. The molecule has 4 rings (SSSR count). The van der Waals surface area contributed by atoms with Gasteiger partial charge in [0, 0.05) is 48.1 Å². The molecule has 3 aromatic rings. The molecule has 1 N–H and O–H groups in total. The van der Waals surface area contributed by atoms with Gasteiger partial charge in [-0.1, -0.05) is 24.3 Å². The SMILES string of the molecule is CSc1ccc(CNC(=O)c2cccc(-c3nccnc3N3CCOCC3)c2)cc1. The Hall–Kier alpha value is -2.90. The van der Waals surface area contributed by atoms with Gasteiger partial charge in [0.05, 0.1) is 13.2 Å². The van der Waals surface area contributed by atoms with E-state index in [-0.39, 0.29) is 5.91 Å². The number of morpholine rings is 1. The van der Waals surface area contributed by atoms with Gasteiger partial charge < -0.3 is 15.0 Å². The summed E-state index contributed by atoms with van der Waals surface area (Å²) in [4.78, 5) is 25.2. The first kappa shape index (κ1) is 20.4. The summed E-state index contributed by atoms with van der Waals surface area (Å²) in [6.45, 7) is 3.40. The monoisotopic (exact) mass is 420 g/mol. The van der Waals surface area contributed by atoms with Crippen molar-refractivity contribution in [2.45, 2.75) is 11.4 Å². The second kappa shape index (κ2) is 9.73. The van der Waals surface area contributed by atoms with Crippen LogP contribution in [0.25, 0.3) is 11.3 Å². The number of aromatic nitrogens is 2. The van der Waals surface area contributed by atoms with E-state index >= 15 is 0 Å². The lowest BCUT2D eigenvalue weighted by molar-refractivity contribution is 0.0951. The summed E-state index contributed by atoms with van der Waals surface area (Å²) in [5.74, 6) is 0.717. The zero-order valence-electron chi connectivity index (χ0n) is 16.9. The van der Waals surface area contributed by atoms with E-state index in [1.54, 1.807) is 24.2 Å². The summed E-state index contributed by atoms with van der Waals surface area (Å²) in [5.41, 5.74) is 3.33. The highest BCUT2D eigenvalue weighted by molar-refractivity contribution is 7.98. The van der Waals surface area contributed by atoms with Gasteiger partial charge in [-0.15, -0.1) is 11.8 Å². The van der Waals surface area contributed by atoms with Crippen molar-refractivity contribution in [1.82, 2.24) is 15.3 Å². The van der Waals surface area contributed by atoms with E-state index in [0.717, 1.165) is 35.7 Å². The topological polar surface area (TPSA) is 67.4 Å². The van der Waals surface area contributed by atoms with Crippen molar-refractivity contribution < 1.29 is 9.53 Å². The van der Waals surface area contributed by atoms with E-state index in [0.29, 0.717) is 25.3 Å². The number of nitrogens with one attached hydrogen (secondary N) is 1. The highest BCUT2D eigenvalue weighted by Crippen LogP contribution is 2.27. The molecule has 1 aromatic heterocycles. The number of benzene rings is 2. The van der Waals surface area contributed by atoms with E-state index in [1.807, 2.05) is 42.7 Å². The molecule has 0 aliphatic carbocycles. The summed E-state index contributed by atoms with van der Waals surface area (Å²) in [6.07, 6.45) is 5.43. The van der Waals surface area contributed by atoms with Crippen LogP contribution in [0.5, 0.6) is 0 Å². The van der Waals surface area contributed by atoms with Crippen molar-refractivity contribution >= 4 is 23.5 Å². The molecular weight excluding hydrogens is 396 g/mol. The van der Waals surface area contributed by atoms with Gasteiger partial charge in [-0.3, -0.25) is 9.78 Å². The van der Waals surface area contributed by atoms with Gasteiger partial charge in [-0.25, -0.2) is 4.98 Å². The number of carbonyl (C=O) groups is 1. The molecule has 0 saturated carbocycles. The Bertz CT molecular complexity index is 1000. The Morgan fingerprint density at radius 2 is 1.87 bits per heavy atom. The second-order valence-corrected chi connectivity index (χ2v) is 7.82. The smallest absolute Gasteiger partial charge is 0.251 e. The average molecular weight is 421 g/mol. The quantitative estimate of drug-likeness (QED) is 0.614. The van der Waals surface area contributed by atoms with Crippen molar-refractivity contribution in [2.24, 2.45) is 0 Å². The lowest BCUT2D eigenvalue weighted by atomic mass is 10.1. The number of thioether (sulfide) groups is 1. The molecule has 1 fully saturated rings. The molecule has 6 nitrogen and oxygen atoms in total. The van der Waals surface area contributed by atoms with Crippen molar-refractivity contribution in [1.29, 1.82) is 0 Å². The molecule has 0 atom stereocenters. The maximum Gasteiger partial charge on any atom is 0.251 e. The van der Waals surface area contributed by atoms with Crippen molar-refractivity contribution in [3.05, 3.63) is 72.1 Å². The van der Waals surface area contributed by atoms with Gasteiger partial charge in [0.25, 0.3) is 5.91 Å². The Labute approximate surface area is 180 Å². The summed E-state index contributed by atoms with van der Waals surface area (Å²) < 4.78 is 5.45. The predicted octanol–water partition coefficient (Wildman–Crippen LogP) is 3.63. The van der Waals surface area contributed by atoms with Crippen LogP contribution >= 0.6 is 11.8 Å². The van der Waals surface area contributed by atoms with Crippen molar-refractivity contribution in [3.63, 3.8) is 0 Å². The number of ether oxygens (including phenoxy) is 1. The summed E-state index contributed by atoms with van der Waals surface area (Å²) in [5, 5.41) is 3.00. The molecule has 2 aromatic carbocycles. The van der Waals surface area contributed by atoms with Crippen LogP contribution in [-0.2, 0) is 11.3 Å². The van der Waals surface area contributed by atoms with Crippen LogP contribution in [0, 0.1) is 0 Å². The summed E-state index contributed by atoms with van der Waals surface area (Å²) >= 11 is 1.70. The van der Waals surface area contributed by atoms with E-state index in [1.165, 1.54) is 4.90 Å². The highest BCUT2D eigenvalue weighted by atomic mass is 32.2. The molecule has 0 unspecified atom stereocenters. The number of hydrogen-bond donors (Lipinski definition) is 1. The third kappa shape index (κ3) is 4.80. The predicted molar refractivity (Wildman–Crippen MR) is 120 cm³/mol. The van der Waals surface area contributed by atoms with Crippen molar-refractivity contribution in [3.8, 4) is 11.3 Å². The van der Waals surface area contributed by atoms with Gasteiger partial charge in [-0.2, -0.15) is 0 Å². The average Bonchev–Trinajstić information content (AvgIpc) is 2.83. The number of anilines is 1. The zero-order valence-corrected chi connectivity index (χ0v) is 17.7. The molecule has 30 heavy (non-hydrogen) atoms. The Kier molecular flexibility index (Phi) is 6.61. The summed E-state index contributed by atoms with van der Waals surface area (Å²) in [6, 6.07) is 15.7. The van der Waals surface area contributed by atoms with E-state index < -0.39 is 0 Å². The number of hydrogen-bond acceptors (Lipinski definition) is 6. The lowest BCUT2D eigenvalue weighted by Gasteiger charge is -2.28. The largest absolute Gasteiger partial charge is 0.378 e. The standard InChI is InChI=1S/C23H24N4O2S/c1-30-20-7-5-17(6-8-20)16-26-23(28)19-4-2-3-18(15-19)21-22(25-10-9-24-21)27-11-13-29-14-12-27/h2-10,15H,11-14,16H2,1H3,(H,26,28). The zero-order chi connectivity index (χ0) is 20.8. The Morgan fingerprint density at radius 1 is 1.10 bits per heavy atom. The maximum atomic E-state index is 12.7. The van der Waals surface area contributed by atoms with Crippen LogP contribution in [0.4, 0.5) is 5.82 Å². The summed E-state index contributed by atoms with van der Waals surface area (Å²) in [7, 11) is 0. The van der Waals surface area contributed by atoms with Gasteiger partial charge in [0.2, 0.25) is 0 Å². The molecule has 2 heterocycles. The lowest BCUT2D eigenvalue weighted by Crippen LogP contribution is -2.37. The Balaban J connectivity index is 1.50. The number of nitrogens with zero attached hydrogens (tertiary/aromatic N) is 3. The van der Waals surface area contributed by atoms with Gasteiger partial charge in [-0.05, 0) is 36.1 Å². The number of carbonyl (C=O) groups excluding carboxylic acids is 1. The van der Waals surface area contributed by atoms with E-state index in [2.05, 4.69) is 32.3 Å².